The van der Waals surface area contributed by atoms with E-state index in [1.165, 1.54) is 37.8 Å². The minimum atomic E-state index is -0.306. The van der Waals surface area contributed by atoms with Crippen LogP contribution in [0.4, 0.5) is 10.5 Å². The summed E-state index contributed by atoms with van der Waals surface area (Å²) < 4.78 is 0. The first-order chi connectivity index (χ1) is 8.65. The molecule has 1 aliphatic carbocycles. The molecule has 0 unspecified atom stereocenters. The number of rotatable bonds is 3. The summed E-state index contributed by atoms with van der Waals surface area (Å²) in [5.41, 5.74) is 0.325. The summed E-state index contributed by atoms with van der Waals surface area (Å²) in [7, 11) is 0. The number of nitrogens with one attached hydrogen (secondary N) is 2. The summed E-state index contributed by atoms with van der Waals surface area (Å²) in [4.78, 5) is 11.7. The third kappa shape index (κ3) is 3.53. The van der Waals surface area contributed by atoms with Crippen LogP contribution in [0.15, 0.2) is 18.2 Å². The topological polar surface area (TPSA) is 61.4 Å². The number of benzene rings is 1. The second-order valence-electron chi connectivity index (χ2n) is 4.65. The largest absolute Gasteiger partial charge is 0.506 e. The normalized spacial score (nSPS) is 15.6. The van der Waals surface area contributed by atoms with Gasteiger partial charge in [0, 0.05) is 11.6 Å². The molecule has 1 aromatic rings. The van der Waals surface area contributed by atoms with Crippen molar-refractivity contribution in [1.29, 1.82) is 0 Å². The maximum absolute atomic E-state index is 11.7. The predicted octanol–water partition coefficient (Wildman–Crippen LogP) is 3.36. The molecule has 3 N–H and O–H groups in total. The van der Waals surface area contributed by atoms with Crippen LogP contribution in [0.25, 0.3) is 0 Å². The van der Waals surface area contributed by atoms with Crippen LogP contribution in [0, 0.1) is 5.92 Å². The first kappa shape index (κ1) is 13.0. The Morgan fingerprint density at radius 3 is 2.83 bits per heavy atom. The van der Waals surface area contributed by atoms with Gasteiger partial charge in [-0.2, -0.15) is 0 Å². The molecule has 1 aliphatic rings. The fourth-order valence-electron chi connectivity index (χ4n) is 2.23. The number of amides is 2. The van der Waals surface area contributed by atoms with Crippen molar-refractivity contribution in [2.75, 3.05) is 11.9 Å². The second-order valence-corrected chi connectivity index (χ2v) is 5.08. The van der Waals surface area contributed by atoms with Crippen molar-refractivity contribution in [1.82, 2.24) is 5.32 Å². The molecule has 2 rings (SSSR count). The van der Waals surface area contributed by atoms with Crippen molar-refractivity contribution >= 4 is 23.3 Å². The molecule has 0 saturated heterocycles. The highest BCUT2D eigenvalue weighted by Gasteiger charge is 2.15. The number of anilines is 1. The van der Waals surface area contributed by atoms with Gasteiger partial charge in [0.05, 0.1) is 5.69 Å². The van der Waals surface area contributed by atoms with E-state index >= 15 is 0 Å². The Morgan fingerprint density at radius 1 is 1.39 bits per heavy atom. The minimum Gasteiger partial charge on any atom is -0.506 e. The molecule has 0 radical (unpaired) electrons. The van der Waals surface area contributed by atoms with Gasteiger partial charge in [0.1, 0.15) is 5.75 Å². The van der Waals surface area contributed by atoms with E-state index in [1.807, 2.05) is 0 Å². The van der Waals surface area contributed by atoms with Crippen LogP contribution >= 0.6 is 11.6 Å². The molecule has 0 aliphatic heterocycles. The van der Waals surface area contributed by atoms with E-state index < -0.39 is 0 Å². The first-order valence-electron chi connectivity index (χ1n) is 6.18. The van der Waals surface area contributed by atoms with Gasteiger partial charge in [-0.1, -0.05) is 24.4 Å². The van der Waals surface area contributed by atoms with Gasteiger partial charge in [-0.15, -0.1) is 0 Å². The molecule has 0 spiro atoms. The molecule has 0 bridgehead atoms. The number of phenolic OH excluding ortho intramolecular Hbond substituents is 1. The van der Waals surface area contributed by atoms with E-state index in [0.29, 0.717) is 23.2 Å². The number of carbonyl (C=O) groups excluding carboxylic acids is 1. The van der Waals surface area contributed by atoms with Crippen LogP contribution < -0.4 is 10.6 Å². The van der Waals surface area contributed by atoms with Crippen molar-refractivity contribution in [3.8, 4) is 5.75 Å². The van der Waals surface area contributed by atoms with Gasteiger partial charge in [0.15, 0.2) is 0 Å². The van der Waals surface area contributed by atoms with Crippen LogP contribution in [-0.2, 0) is 0 Å². The third-order valence-corrected chi connectivity index (χ3v) is 3.47. The van der Waals surface area contributed by atoms with Gasteiger partial charge in [-0.25, -0.2) is 4.79 Å². The highest BCUT2D eigenvalue weighted by Crippen LogP contribution is 2.26. The van der Waals surface area contributed by atoms with Crippen LogP contribution in [-0.4, -0.2) is 17.7 Å². The molecular weight excluding hydrogens is 252 g/mol. The van der Waals surface area contributed by atoms with E-state index in [1.54, 1.807) is 6.07 Å². The van der Waals surface area contributed by atoms with Crippen molar-refractivity contribution in [2.45, 2.75) is 25.7 Å². The van der Waals surface area contributed by atoms with E-state index in [2.05, 4.69) is 10.6 Å². The summed E-state index contributed by atoms with van der Waals surface area (Å²) in [5.74, 6) is 0.596. The van der Waals surface area contributed by atoms with Gasteiger partial charge in [-0.3, -0.25) is 0 Å². The first-order valence-corrected chi connectivity index (χ1v) is 6.56. The summed E-state index contributed by atoms with van der Waals surface area (Å²) in [5, 5.41) is 15.4. The Kier molecular flexibility index (Phi) is 4.31. The lowest BCUT2D eigenvalue weighted by atomic mass is 10.1. The molecule has 1 saturated carbocycles. The summed E-state index contributed by atoms with van der Waals surface area (Å²) >= 11 is 5.80. The lowest BCUT2D eigenvalue weighted by Gasteiger charge is -2.12. The van der Waals surface area contributed by atoms with E-state index in [0.717, 1.165) is 0 Å². The average Bonchev–Trinajstić information content (AvgIpc) is 2.84. The van der Waals surface area contributed by atoms with Gasteiger partial charge in [0.25, 0.3) is 0 Å². The quantitative estimate of drug-likeness (QED) is 0.736. The lowest BCUT2D eigenvalue weighted by molar-refractivity contribution is 0.250. The maximum atomic E-state index is 11.7. The van der Waals surface area contributed by atoms with Gasteiger partial charge >= 0.3 is 6.03 Å². The fraction of sp³-hybridized carbons (Fsp3) is 0.462. The monoisotopic (exact) mass is 268 g/mol. The Bertz CT molecular complexity index is 431. The standard InChI is InChI=1S/C13H17ClN2O2/c14-10-5-6-12(17)11(7-10)16-13(18)15-8-9-3-1-2-4-9/h5-7,9,17H,1-4,8H2,(H2,15,16,18). The molecule has 0 atom stereocenters. The Balaban J connectivity index is 1.84. The molecule has 98 valence electrons. The molecule has 4 nitrogen and oxygen atoms in total. The molecule has 2 amide bonds. The Labute approximate surface area is 111 Å². The van der Waals surface area contributed by atoms with E-state index in [-0.39, 0.29) is 11.8 Å². The highest BCUT2D eigenvalue weighted by molar-refractivity contribution is 6.31. The third-order valence-electron chi connectivity index (χ3n) is 3.23. The van der Waals surface area contributed by atoms with Gasteiger partial charge in [0.2, 0.25) is 0 Å². The molecular formula is C13H17ClN2O2. The molecule has 18 heavy (non-hydrogen) atoms. The fourth-order valence-corrected chi connectivity index (χ4v) is 2.40. The van der Waals surface area contributed by atoms with Crippen LogP contribution in [0.3, 0.4) is 0 Å². The summed E-state index contributed by atoms with van der Waals surface area (Å²) in [6.07, 6.45) is 4.87. The molecule has 1 fully saturated rings. The highest BCUT2D eigenvalue weighted by atomic mass is 35.5. The summed E-state index contributed by atoms with van der Waals surface area (Å²) in [6, 6.07) is 4.24. The van der Waals surface area contributed by atoms with Crippen molar-refractivity contribution in [2.24, 2.45) is 5.92 Å². The van der Waals surface area contributed by atoms with E-state index in [9.17, 15) is 9.90 Å². The predicted molar refractivity (Wildman–Crippen MR) is 72.1 cm³/mol. The summed E-state index contributed by atoms with van der Waals surface area (Å²) in [6.45, 7) is 0.688. The van der Waals surface area contributed by atoms with Crippen molar-refractivity contribution in [3.05, 3.63) is 23.2 Å². The smallest absolute Gasteiger partial charge is 0.319 e. The number of halogens is 1. The number of carbonyl (C=O) groups is 1. The zero-order valence-electron chi connectivity index (χ0n) is 10.1. The SMILES string of the molecule is O=C(NCC1CCCC1)Nc1cc(Cl)ccc1O. The number of urea groups is 1. The van der Waals surface area contributed by atoms with Crippen molar-refractivity contribution in [3.63, 3.8) is 0 Å². The molecule has 5 heteroatoms. The van der Waals surface area contributed by atoms with E-state index in [4.69, 9.17) is 11.6 Å². The maximum Gasteiger partial charge on any atom is 0.319 e. The van der Waals surface area contributed by atoms with Gasteiger partial charge in [-0.05, 0) is 37.0 Å². The minimum absolute atomic E-state index is 0.00964. The lowest BCUT2D eigenvalue weighted by Crippen LogP contribution is -2.32. The number of aromatic hydroxyl groups is 1. The average molecular weight is 269 g/mol. The molecule has 1 aromatic carbocycles. The van der Waals surface area contributed by atoms with Crippen LogP contribution in [0.1, 0.15) is 25.7 Å². The number of hydrogen-bond donors (Lipinski definition) is 3. The molecule has 0 aromatic heterocycles. The van der Waals surface area contributed by atoms with Gasteiger partial charge < -0.3 is 15.7 Å². The zero-order valence-corrected chi connectivity index (χ0v) is 10.8. The molecule has 0 heterocycles. The Hall–Kier alpha value is -1.42. The zero-order chi connectivity index (χ0) is 13.0. The number of hydrogen-bond acceptors (Lipinski definition) is 2. The van der Waals surface area contributed by atoms with Crippen LogP contribution in [0.2, 0.25) is 5.02 Å². The van der Waals surface area contributed by atoms with Crippen LogP contribution in [0.5, 0.6) is 5.75 Å². The second kappa shape index (κ2) is 5.96. The van der Waals surface area contributed by atoms with Crippen molar-refractivity contribution < 1.29 is 9.90 Å². The number of phenols is 1. The Morgan fingerprint density at radius 2 is 2.11 bits per heavy atom.